The van der Waals surface area contributed by atoms with Crippen molar-refractivity contribution in [1.82, 2.24) is 4.90 Å². The molecule has 0 aromatic heterocycles. The van der Waals surface area contributed by atoms with Gasteiger partial charge in [0.05, 0.1) is 15.0 Å². The molecular weight excluding hydrogens is 305 g/mol. The van der Waals surface area contributed by atoms with Crippen LogP contribution in [0.1, 0.15) is 6.92 Å². The topological polar surface area (TPSA) is 58.4 Å². The zero-order chi connectivity index (χ0) is 14.6. The van der Waals surface area contributed by atoms with Gasteiger partial charge in [0, 0.05) is 25.2 Å². The van der Waals surface area contributed by atoms with Crippen molar-refractivity contribution < 1.29 is 4.79 Å². The maximum atomic E-state index is 11.9. The molecule has 0 bridgehead atoms. The highest BCUT2D eigenvalue weighted by Crippen LogP contribution is 2.25. The SMILES string of the molecule is CC(CN(C)C(=O)Nc1ccc(Cl)c(Cl)c1)C(N)=S. The third-order valence-corrected chi connectivity index (χ3v) is 3.69. The summed E-state index contributed by atoms with van der Waals surface area (Å²) in [6.07, 6.45) is 0. The molecule has 1 atom stereocenters. The third kappa shape index (κ3) is 4.86. The van der Waals surface area contributed by atoms with E-state index in [1.165, 1.54) is 4.90 Å². The van der Waals surface area contributed by atoms with E-state index in [1.807, 2.05) is 6.92 Å². The number of benzene rings is 1. The van der Waals surface area contributed by atoms with Crippen molar-refractivity contribution in [3.05, 3.63) is 28.2 Å². The summed E-state index contributed by atoms with van der Waals surface area (Å²) in [5, 5.41) is 3.54. The molecule has 0 radical (unpaired) electrons. The molecule has 1 rings (SSSR count). The summed E-state index contributed by atoms with van der Waals surface area (Å²) in [6.45, 7) is 2.31. The second-order valence-electron chi connectivity index (χ2n) is 4.24. The summed E-state index contributed by atoms with van der Waals surface area (Å²) < 4.78 is 0. The van der Waals surface area contributed by atoms with Crippen molar-refractivity contribution in [1.29, 1.82) is 0 Å². The number of rotatable bonds is 4. The Bertz CT molecular complexity index is 496. The molecule has 0 aliphatic rings. The van der Waals surface area contributed by atoms with Gasteiger partial charge in [-0.2, -0.15) is 0 Å². The molecule has 1 aromatic carbocycles. The number of urea groups is 1. The molecule has 0 aliphatic heterocycles. The van der Waals surface area contributed by atoms with E-state index in [1.54, 1.807) is 25.2 Å². The first-order chi connectivity index (χ1) is 8.81. The maximum Gasteiger partial charge on any atom is 0.321 e. The molecule has 1 aromatic rings. The zero-order valence-corrected chi connectivity index (χ0v) is 12.9. The van der Waals surface area contributed by atoms with Crippen molar-refractivity contribution in [2.75, 3.05) is 18.9 Å². The fraction of sp³-hybridized carbons (Fsp3) is 0.333. The molecule has 19 heavy (non-hydrogen) atoms. The number of nitrogens with two attached hydrogens (primary N) is 1. The predicted molar refractivity (Wildman–Crippen MR) is 84.1 cm³/mol. The smallest absolute Gasteiger partial charge is 0.321 e. The fourth-order valence-corrected chi connectivity index (χ4v) is 1.75. The van der Waals surface area contributed by atoms with Crippen LogP contribution in [0, 0.1) is 5.92 Å². The quantitative estimate of drug-likeness (QED) is 0.836. The Morgan fingerprint density at radius 3 is 2.63 bits per heavy atom. The van der Waals surface area contributed by atoms with Gasteiger partial charge in [0.15, 0.2) is 0 Å². The van der Waals surface area contributed by atoms with Crippen molar-refractivity contribution in [3.63, 3.8) is 0 Å². The van der Waals surface area contributed by atoms with E-state index in [2.05, 4.69) is 5.32 Å². The lowest BCUT2D eigenvalue weighted by Gasteiger charge is -2.21. The van der Waals surface area contributed by atoms with E-state index < -0.39 is 0 Å². The Hall–Kier alpha value is -1.04. The van der Waals surface area contributed by atoms with E-state index in [4.69, 9.17) is 41.2 Å². The van der Waals surface area contributed by atoms with E-state index in [0.29, 0.717) is 27.3 Å². The number of carbonyl (C=O) groups is 1. The van der Waals surface area contributed by atoms with Gasteiger partial charge < -0.3 is 16.0 Å². The number of nitrogens with one attached hydrogen (secondary N) is 1. The lowest BCUT2D eigenvalue weighted by Crippen LogP contribution is -2.37. The molecule has 3 N–H and O–H groups in total. The number of hydrogen-bond donors (Lipinski definition) is 2. The molecule has 0 saturated carbocycles. The summed E-state index contributed by atoms with van der Waals surface area (Å²) in [6, 6.07) is 4.63. The molecular formula is C12H15Cl2N3OS. The monoisotopic (exact) mass is 319 g/mol. The average molecular weight is 320 g/mol. The van der Waals surface area contributed by atoms with Gasteiger partial charge in [-0.15, -0.1) is 0 Å². The highest BCUT2D eigenvalue weighted by Gasteiger charge is 2.14. The number of thiocarbonyl (C=S) groups is 1. The Kier molecular flexibility index (Phi) is 5.85. The van der Waals surface area contributed by atoms with Crippen LogP contribution >= 0.6 is 35.4 Å². The van der Waals surface area contributed by atoms with Crippen LogP contribution in [0.3, 0.4) is 0 Å². The van der Waals surface area contributed by atoms with Gasteiger partial charge in [-0.1, -0.05) is 42.3 Å². The second-order valence-corrected chi connectivity index (χ2v) is 5.53. The molecule has 4 nitrogen and oxygen atoms in total. The maximum absolute atomic E-state index is 11.9. The Morgan fingerprint density at radius 1 is 1.47 bits per heavy atom. The number of carbonyl (C=O) groups excluding carboxylic acids is 1. The van der Waals surface area contributed by atoms with E-state index in [0.717, 1.165) is 0 Å². The first-order valence-corrected chi connectivity index (χ1v) is 6.74. The van der Waals surface area contributed by atoms with Crippen LogP contribution in [0.4, 0.5) is 10.5 Å². The minimum Gasteiger partial charge on any atom is -0.393 e. The van der Waals surface area contributed by atoms with Crippen LogP contribution in [0.2, 0.25) is 10.0 Å². The van der Waals surface area contributed by atoms with Crippen molar-refractivity contribution in [2.24, 2.45) is 11.7 Å². The molecule has 2 amide bonds. The van der Waals surface area contributed by atoms with E-state index in [9.17, 15) is 4.79 Å². The predicted octanol–water partition coefficient (Wildman–Crippen LogP) is 3.38. The largest absolute Gasteiger partial charge is 0.393 e. The normalized spacial score (nSPS) is 11.8. The minimum atomic E-state index is -0.263. The molecule has 1 unspecified atom stereocenters. The van der Waals surface area contributed by atoms with Crippen LogP contribution in [0.5, 0.6) is 0 Å². The summed E-state index contributed by atoms with van der Waals surface area (Å²) in [7, 11) is 1.67. The van der Waals surface area contributed by atoms with Crippen LogP contribution in [-0.4, -0.2) is 29.5 Å². The van der Waals surface area contributed by atoms with Gasteiger partial charge in [-0.3, -0.25) is 0 Å². The van der Waals surface area contributed by atoms with Gasteiger partial charge in [-0.05, 0) is 18.2 Å². The highest BCUT2D eigenvalue weighted by molar-refractivity contribution is 7.80. The first-order valence-electron chi connectivity index (χ1n) is 5.57. The molecule has 7 heteroatoms. The summed E-state index contributed by atoms with van der Waals surface area (Å²) in [4.78, 5) is 13.8. The second kappa shape index (κ2) is 6.93. The Balaban J connectivity index is 2.63. The molecule has 0 saturated heterocycles. The number of anilines is 1. The van der Waals surface area contributed by atoms with Crippen LogP contribution < -0.4 is 11.1 Å². The van der Waals surface area contributed by atoms with E-state index in [-0.39, 0.29) is 11.9 Å². The molecule has 0 fully saturated rings. The van der Waals surface area contributed by atoms with Crippen molar-refractivity contribution in [3.8, 4) is 0 Å². The molecule has 104 valence electrons. The van der Waals surface area contributed by atoms with Gasteiger partial charge in [0.2, 0.25) is 0 Å². The number of amides is 2. The average Bonchev–Trinajstić information content (AvgIpc) is 2.33. The summed E-state index contributed by atoms with van der Waals surface area (Å²) >= 11 is 16.5. The summed E-state index contributed by atoms with van der Waals surface area (Å²) in [5.74, 6) is -0.0421. The third-order valence-electron chi connectivity index (χ3n) is 2.55. The Morgan fingerprint density at radius 2 is 2.11 bits per heavy atom. The minimum absolute atomic E-state index is 0.0421. The molecule has 0 spiro atoms. The van der Waals surface area contributed by atoms with Crippen LogP contribution in [0.15, 0.2) is 18.2 Å². The lowest BCUT2D eigenvalue weighted by molar-refractivity contribution is 0.220. The number of halogens is 2. The molecule has 0 heterocycles. The van der Waals surface area contributed by atoms with E-state index >= 15 is 0 Å². The van der Waals surface area contributed by atoms with Gasteiger partial charge >= 0.3 is 6.03 Å². The standard InChI is InChI=1S/C12H15Cl2N3OS/c1-7(11(15)19)6-17(2)12(18)16-8-3-4-9(13)10(14)5-8/h3-5,7H,6H2,1-2H3,(H2,15,19)(H,16,18). The number of nitrogens with zero attached hydrogens (tertiary/aromatic N) is 1. The Labute approximate surface area is 127 Å². The zero-order valence-electron chi connectivity index (χ0n) is 10.6. The van der Waals surface area contributed by atoms with Gasteiger partial charge in [-0.25, -0.2) is 4.79 Å². The molecule has 0 aliphatic carbocycles. The first kappa shape index (κ1) is 16.0. The highest BCUT2D eigenvalue weighted by atomic mass is 35.5. The van der Waals surface area contributed by atoms with Gasteiger partial charge in [0.25, 0.3) is 0 Å². The van der Waals surface area contributed by atoms with Crippen LogP contribution in [0.25, 0.3) is 0 Å². The van der Waals surface area contributed by atoms with Crippen molar-refractivity contribution in [2.45, 2.75) is 6.92 Å². The lowest BCUT2D eigenvalue weighted by atomic mass is 10.2. The van der Waals surface area contributed by atoms with Gasteiger partial charge in [0.1, 0.15) is 0 Å². The summed E-state index contributed by atoms with van der Waals surface area (Å²) in [5.41, 5.74) is 6.09. The number of hydrogen-bond acceptors (Lipinski definition) is 2. The fourth-order valence-electron chi connectivity index (χ4n) is 1.38. The van der Waals surface area contributed by atoms with Crippen LogP contribution in [-0.2, 0) is 0 Å². The van der Waals surface area contributed by atoms with Crippen molar-refractivity contribution >= 4 is 52.1 Å².